The number of nitrogens with one attached hydrogen (secondary N) is 1. The molecule has 12 heteroatoms. The molecule has 2 saturated heterocycles. The van der Waals surface area contributed by atoms with Crippen molar-refractivity contribution in [2.45, 2.75) is 42.4 Å². The van der Waals surface area contributed by atoms with E-state index in [1.54, 1.807) is 0 Å². The minimum Gasteiger partial charge on any atom is -0.495 e. The molecule has 2 aromatic rings. The molecule has 2 aliphatic rings. The molecule has 2 aromatic carbocycles. The van der Waals surface area contributed by atoms with E-state index in [1.165, 1.54) is 52.1 Å². The highest BCUT2D eigenvalue weighted by molar-refractivity contribution is 7.89. The van der Waals surface area contributed by atoms with E-state index in [9.17, 15) is 21.6 Å². The first-order valence-corrected chi connectivity index (χ1v) is 15.1. The first-order valence-electron chi connectivity index (χ1n) is 11.8. The Bertz CT molecular complexity index is 1350. The van der Waals surface area contributed by atoms with Gasteiger partial charge in [-0.2, -0.15) is 8.61 Å². The quantitative estimate of drug-likeness (QED) is 0.556. The predicted octanol–water partition coefficient (Wildman–Crippen LogP) is 3.81. The van der Waals surface area contributed by atoms with Crippen LogP contribution in [0.1, 0.15) is 43.0 Å². The van der Waals surface area contributed by atoms with Crippen molar-refractivity contribution >= 4 is 43.2 Å². The second-order valence-corrected chi connectivity index (χ2v) is 13.4. The van der Waals surface area contributed by atoms with Gasteiger partial charge in [-0.3, -0.25) is 4.79 Å². The minimum atomic E-state index is -3.79. The van der Waals surface area contributed by atoms with Gasteiger partial charge in [-0.1, -0.05) is 18.5 Å². The molecule has 2 fully saturated rings. The lowest BCUT2D eigenvalue weighted by Gasteiger charge is -2.29. The third-order valence-corrected chi connectivity index (χ3v) is 10.8. The molecule has 0 bridgehead atoms. The Morgan fingerprint density at radius 2 is 1.47 bits per heavy atom. The number of piperidine rings is 1. The Morgan fingerprint density at radius 1 is 0.917 bits per heavy atom. The molecule has 2 aliphatic heterocycles. The van der Waals surface area contributed by atoms with Gasteiger partial charge in [0.25, 0.3) is 5.91 Å². The number of nitrogens with zero attached hydrogens (tertiary/aromatic N) is 2. The zero-order valence-electron chi connectivity index (χ0n) is 20.2. The van der Waals surface area contributed by atoms with E-state index in [4.69, 9.17) is 16.3 Å². The van der Waals surface area contributed by atoms with E-state index in [2.05, 4.69) is 12.2 Å². The molecule has 1 N–H and O–H groups in total. The van der Waals surface area contributed by atoms with Gasteiger partial charge in [0.2, 0.25) is 20.0 Å². The van der Waals surface area contributed by atoms with E-state index in [0.29, 0.717) is 32.1 Å². The molecule has 0 unspecified atom stereocenters. The summed E-state index contributed by atoms with van der Waals surface area (Å²) in [7, 11) is -6.11. The van der Waals surface area contributed by atoms with Gasteiger partial charge in [-0.05, 0) is 68.0 Å². The van der Waals surface area contributed by atoms with Crippen molar-refractivity contribution < 1.29 is 26.4 Å². The van der Waals surface area contributed by atoms with Crippen molar-refractivity contribution in [2.75, 3.05) is 38.6 Å². The average molecular weight is 556 g/mol. The Kier molecular flexibility index (Phi) is 7.96. The topological polar surface area (TPSA) is 113 Å². The van der Waals surface area contributed by atoms with Gasteiger partial charge in [-0.25, -0.2) is 16.8 Å². The summed E-state index contributed by atoms with van der Waals surface area (Å²) in [6.07, 6.45) is 3.15. The number of hydrogen-bond acceptors (Lipinski definition) is 6. The number of carbonyl (C=O) groups excluding carboxylic acids is 1. The minimum absolute atomic E-state index is 0.0241. The number of amides is 1. The molecule has 36 heavy (non-hydrogen) atoms. The summed E-state index contributed by atoms with van der Waals surface area (Å²) in [5.74, 6) is 0.0347. The number of halogens is 1. The summed E-state index contributed by atoms with van der Waals surface area (Å²) < 4.78 is 60.5. The molecule has 0 spiro atoms. The number of anilines is 1. The highest BCUT2D eigenvalue weighted by atomic mass is 35.5. The van der Waals surface area contributed by atoms with E-state index >= 15 is 0 Å². The number of methoxy groups -OCH3 is 1. The molecule has 0 radical (unpaired) electrons. The maximum absolute atomic E-state index is 13.2. The maximum Gasteiger partial charge on any atom is 0.257 e. The first kappa shape index (κ1) is 26.9. The highest BCUT2D eigenvalue weighted by Crippen LogP contribution is 2.32. The summed E-state index contributed by atoms with van der Waals surface area (Å²) in [5, 5.41) is 2.71. The van der Waals surface area contributed by atoms with Crippen LogP contribution in [0, 0.1) is 5.92 Å². The van der Waals surface area contributed by atoms with Crippen LogP contribution in [0.2, 0.25) is 5.02 Å². The lowest BCUT2D eigenvalue weighted by molar-refractivity contribution is 0.102. The van der Waals surface area contributed by atoms with Crippen LogP contribution in [0.3, 0.4) is 0 Å². The molecule has 0 saturated carbocycles. The summed E-state index contributed by atoms with van der Waals surface area (Å²) in [6.45, 7) is 3.83. The van der Waals surface area contributed by atoms with Crippen LogP contribution in [0.15, 0.2) is 46.2 Å². The molecule has 2 heterocycles. The second kappa shape index (κ2) is 10.7. The van der Waals surface area contributed by atoms with Crippen LogP contribution in [0.5, 0.6) is 5.75 Å². The highest BCUT2D eigenvalue weighted by Gasteiger charge is 2.30. The van der Waals surface area contributed by atoms with Crippen molar-refractivity contribution in [1.82, 2.24) is 8.61 Å². The monoisotopic (exact) mass is 555 g/mol. The second-order valence-electron chi connectivity index (χ2n) is 9.16. The fourth-order valence-electron chi connectivity index (χ4n) is 4.43. The molecule has 1 amide bonds. The molecule has 0 aromatic heterocycles. The van der Waals surface area contributed by atoms with Gasteiger partial charge < -0.3 is 10.1 Å². The van der Waals surface area contributed by atoms with E-state index in [0.717, 1.165) is 25.7 Å². The lowest BCUT2D eigenvalue weighted by atomic mass is 10.0. The number of sulfonamides is 2. The summed E-state index contributed by atoms with van der Waals surface area (Å²) >= 11 is 6.27. The fraction of sp³-hybridized carbons (Fsp3) is 0.458. The Labute approximate surface area is 217 Å². The predicted molar refractivity (Wildman–Crippen MR) is 138 cm³/mol. The van der Waals surface area contributed by atoms with Crippen LogP contribution in [0.4, 0.5) is 5.69 Å². The Hall–Kier alpha value is -2.18. The van der Waals surface area contributed by atoms with Crippen LogP contribution < -0.4 is 10.1 Å². The Balaban J connectivity index is 1.62. The van der Waals surface area contributed by atoms with Crippen LogP contribution in [-0.2, 0) is 20.0 Å². The zero-order chi connectivity index (χ0) is 26.1. The standard InChI is InChI=1S/C24H30ClN3O6S2/c1-17-9-13-28(14-10-17)35(30,31)18-5-7-21(25)20(15-18)24(29)26-22-16-19(6-8-23(22)34-2)36(32,33)27-11-3-4-12-27/h5-8,15-17H,3-4,9-14H2,1-2H3,(H,26,29). The van der Waals surface area contributed by atoms with E-state index in [1.807, 2.05) is 0 Å². The zero-order valence-corrected chi connectivity index (χ0v) is 22.6. The summed E-state index contributed by atoms with van der Waals surface area (Å²) in [4.78, 5) is 13.2. The van der Waals surface area contributed by atoms with Gasteiger partial charge in [0.05, 0.1) is 33.2 Å². The van der Waals surface area contributed by atoms with Crippen molar-refractivity contribution in [3.63, 3.8) is 0 Å². The van der Waals surface area contributed by atoms with Crippen molar-refractivity contribution in [3.05, 3.63) is 47.0 Å². The van der Waals surface area contributed by atoms with Crippen LogP contribution in [0.25, 0.3) is 0 Å². The third-order valence-electron chi connectivity index (χ3n) is 6.68. The molecule has 0 atom stereocenters. The van der Waals surface area contributed by atoms with Crippen molar-refractivity contribution in [1.29, 1.82) is 0 Å². The van der Waals surface area contributed by atoms with Gasteiger partial charge in [0.1, 0.15) is 5.75 Å². The van der Waals surface area contributed by atoms with E-state index < -0.39 is 26.0 Å². The third kappa shape index (κ3) is 5.40. The number of rotatable bonds is 7. The number of carbonyl (C=O) groups is 1. The smallest absolute Gasteiger partial charge is 0.257 e. The summed E-state index contributed by atoms with van der Waals surface area (Å²) in [5.41, 5.74) is 0.0927. The fourth-order valence-corrected chi connectivity index (χ4v) is 7.67. The molecular weight excluding hydrogens is 526 g/mol. The average Bonchev–Trinajstić information content (AvgIpc) is 3.40. The number of hydrogen-bond donors (Lipinski definition) is 1. The van der Waals surface area contributed by atoms with Crippen LogP contribution >= 0.6 is 11.6 Å². The number of ether oxygens (including phenoxy) is 1. The van der Waals surface area contributed by atoms with Gasteiger partial charge >= 0.3 is 0 Å². The van der Waals surface area contributed by atoms with Gasteiger partial charge in [0, 0.05) is 26.2 Å². The largest absolute Gasteiger partial charge is 0.495 e. The maximum atomic E-state index is 13.2. The molecule has 4 rings (SSSR count). The van der Waals surface area contributed by atoms with Gasteiger partial charge in [0.15, 0.2) is 0 Å². The number of benzene rings is 2. The Morgan fingerprint density at radius 3 is 2.08 bits per heavy atom. The van der Waals surface area contributed by atoms with Gasteiger partial charge in [-0.15, -0.1) is 0 Å². The van der Waals surface area contributed by atoms with E-state index in [-0.39, 0.29) is 31.8 Å². The molecule has 0 aliphatic carbocycles. The first-order chi connectivity index (χ1) is 17.0. The van der Waals surface area contributed by atoms with Crippen LogP contribution in [-0.4, -0.2) is 64.6 Å². The SMILES string of the molecule is COc1ccc(S(=O)(=O)N2CCCC2)cc1NC(=O)c1cc(S(=O)(=O)N2CCC(C)CC2)ccc1Cl. The normalized spacial score (nSPS) is 18.3. The molecule has 9 nitrogen and oxygen atoms in total. The van der Waals surface area contributed by atoms with Crippen molar-refractivity contribution in [2.24, 2.45) is 5.92 Å². The van der Waals surface area contributed by atoms with Crippen molar-refractivity contribution in [3.8, 4) is 5.75 Å². The lowest BCUT2D eigenvalue weighted by Crippen LogP contribution is -2.37. The molecule has 196 valence electrons. The molecular formula is C24H30ClN3O6S2. The summed E-state index contributed by atoms with van der Waals surface area (Å²) in [6, 6.07) is 8.26.